The minimum atomic E-state index is -0.395. The van der Waals surface area contributed by atoms with Crippen molar-refractivity contribution in [2.45, 2.75) is 39.7 Å². The first kappa shape index (κ1) is 16.1. The van der Waals surface area contributed by atoms with E-state index in [9.17, 15) is 10.1 Å². The molecule has 1 aliphatic carbocycles. The Morgan fingerprint density at radius 1 is 1.54 bits per heavy atom. The molecule has 0 bridgehead atoms. The molecule has 1 N–H and O–H groups in total. The highest BCUT2D eigenvalue weighted by Crippen LogP contribution is 2.54. The normalized spacial score (nSPS) is 16.2. The lowest BCUT2D eigenvalue weighted by molar-refractivity contribution is 0.0956. The zero-order valence-electron chi connectivity index (χ0n) is 14.1. The predicted molar refractivity (Wildman–Crippen MR) is 88.0 cm³/mol. The van der Waals surface area contributed by atoms with Gasteiger partial charge in [0.2, 0.25) is 0 Å². The van der Waals surface area contributed by atoms with Crippen molar-refractivity contribution in [2.75, 3.05) is 6.54 Å². The Bertz CT molecular complexity index is 815. The predicted octanol–water partition coefficient (Wildman–Crippen LogP) is 2.26. The van der Waals surface area contributed by atoms with Gasteiger partial charge < -0.3 is 5.32 Å². The third-order valence-corrected chi connectivity index (χ3v) is 4.72. The largest absolute Gasteiger partial charge is 0.352 e. The van der Waals surface area contributed by atoms with Gasteiger partial charge in [0.1, 0.15) is 0 Å². The Hall–Kier alpha value is -2.75. The third-order valence-electron chi connectivity index (χ3n) is 4.72. The number of nitrogens with one attached hydrogen (secondary N) is 1. The molecule has 1 saturated carbocycles. The van der Waals surface area contributed by atoms with E-state index in [-0.39, 0.29) is 11.9 Å². The molecule has 1 atom stereocenters. The Labute approximate surface area is 140 Å². The second kappa shape index (κ2) is 6.04. The number of amides is 1. The summed E-state index contributed by atoms with van der Waals surface area (Å²) in [5.41, 5.74) is 2.33. The Balaban J connectivity index is 2.16. The molecule has 2 heterocycles. The van der Waals surface area contributed by atoms with Crippen molar-refractivity contribution in [3.05, 3.63) is 29.7 Å². The summed E-state index contributed by atoms with van der Waals surface area (Å²) in [5, 5.41) is 24.8. The summed E-state index contributed by atoms with van der Waals surface area (Å²) in [6.07, 6.45) is 4.88. The van der Waals surface area contributed by atoms with E-state index in [1.54, 1.807) is 17.1 Å². The quantitative estimate of drug-likeness (QED) is 0.910. The van der Waals surface area contributed by atoms with Crippen molar-refractivity contribution in [3.8, 4) is 17.3 Å². The highest BCUT2D eigenvalue weighted by atomic mass is 16.1. The number of carbonyl (C=O) groups excluding carboxylic acids is 1. The summed E-state index contributed by atoms with van der Waals surface area (Å²) in [5.74, 6) is -0.177. The molecule has 7 nitrogen and oxygen atoms in total. The van der Waals surface area contributed by atoms with Crippen LogP contribution in [0.2, 0.25) is 0 Å². The Kier molecular flexibility index (Phi) is 4.06. The van der Waals surface area contributed by atoms with Crippen LogP contribution in [0.25, 0.3) is 11.3 Å². The van der Waals surface area contributed by atoms with Crippen molar-refractivity contribution in [3.63, 3.8) is 0 Å². The Morgan fingerprint density at radius 2 is 2.29 bits per heavy atom. The van der Waals surface area contributed by atoms with Crippen LogP contribution in [0.15, 0.2) is 18.5 Å². The lowest BCUT2D eigenvalue weighted by Crippen LogP contribution is -2.24. The highest BCUT2D eigenvalue weighted by Gasteiger charge is 2.50. The summed E-state index contributed by atoms with van der Waals surface area (Å²) in [6.45, 7) is 6.24. The number of rotatable bonds is 5. The summed E-state index contributed by atoms with van der Waals surface area (Å²) in [6, 6.07) is 4.13. The zero-order chi connectivity index (χ0) is 17.3. The van der Waals surface area contributed by atoms with Gasteiger partial charge >= 0.3 is 0 Å². The summed E-state index contributed by atoms with van der Waals surface area (Å²) in [4.78, 5) is 12.5. The van der Waals surface area contributed by atoms with Crippen LogP contribution in [-0.2, 0) is 0 Å². The van der Waals surface area contributed by atoms with Crippen LogP contribution >= 0.6 is 0 Å². The number of aromatic nitrogens is 4. The topological polar surface area (TPSA) is 96.5 Å². The van der Waals surface area contributed by atoms with Crippen LogP contribution in [0.4, 0.5) is 0 Å². The fraction of sp³-hybridized carbons (Fsp3) is 0.471. The molecular formula is C17H20N6O. The number of aryl methyl sites for hydroxylation is 1. The van der Waals surface area contributed by atoms with E-state index in [1.165, 1.54) is 0 Å². The minimum absolute atomic E-state index is 0.117. The Morgan fingerprint density at radius 3 is 2.88 bits per heavy atom. The average Bonchev–Trinajstić information content (AvgIpc) is 3.26. The maximum atomic E-state index is 12.5. The molecule has 0 aliphatic heterocycles. The first-order valence-electron chi connectivity index (χ1n) is 8.09. The van der Waals surface area contributed by atoms with Gasteiger partial charge in [-0.15, -0.1) is 0 Å². The molecule has 2 aromatic heterocycles. The van der Waals surface area contributed by atoms with E-state index in [4.69, 9.17) is 0 Å². The van der Waals surface area contributed by atoms with Crippen molar-refractivity contribution in [1.82, 2.24) is 25.3 Å². The van der Waals surface area contributed by atoms with Gasteiger partial charge in [-0.1, -0.05) is 0 Å². The van der Waals surface area contributed by atoms with Crippen LogP contribution in [0.1, 0.15) is 48.8 Å². The van der Waals surface area contributed by atoms with E-state index in [0.717, 1.165) is 24.1 Å². The molecule has 1 amide bonds. The van der Waals surface area contributed by atoms with Gasteiger partial charge in [-0.2, -0.15) is 20.6 Å². The number of nitrogens with zero attached hydrogens (tertiary/aromatic N) is 5. The molecule has 1 fully saturated rings. The van der Waals surface area contributed by atoms with Gasteiger partial charge in [-0.3, -0.25) is 9.48 Å². The molecule has 1 aliphatic rings. The lowest BCUT2D eigenvalue weighted by atomic mass is 9.98. The zero-order valence-corrected chi connectivity index (χ0v) is 14.1. The molecule has 2 aromatic rings. The number of nitriles is 1. The fourth-order valence-corrected chi connectivity index (χ4v) is 2.99. The van der Waals surface area contributed by atoms with E-state index < -0.39 is 5.41 Å². The van der Waals surface area contributed by atoms with Crippen LogP contribution in [0, 0.1) is 23.7 Å². The summed E-state index contributed by atoms with van der Waals surface area (Å²) >= 11 is 0. The SMILES string of the molecule is CCNC(=O)c1cnn(C(C)C2(C#N)CC2)c1-c1ccnnc1C. The van der Waals surface area contributed by atoms with Crippen molar-refractivity contribution in [2.24, 2.45) is 5.41 Å². The monoisotopic (exact) mass is 324 g/mol. The smallest absolute Gasteiger partial charge is 0.255 e. The number of hydrogen-bond donors (Lipinski definition) is 1. The minimum Gasteiger partial charge on any atom is -0.352 e. The fourth-order valence-electron chi connectivity index (χ4n) is 2.99. The second-order valence-corrected chi connectivity index (χ2v) is 6.19. The van der Waals surface area contributed by atoms with Crippen LogP contribution in [-0.4, -0.2) is 32.4 Å². The number of carbonyl (C=O) groups is 1. The van der Waals surface area contributed by atoms with Gasteiger partial charge in [-0.05, 0) is 39.7 Å². The molecule has 7 heteroatoms. The first-order valence-corrected chi connectivity index (χ1v) is 8.09. The second-order valence-electron chi connectivity index (χ2n) is 6.19. The molecule has 1 unspecified atom stereocenters. The molecule has 124 valence electrons. The van der Waals surface area contributed by atoms with Gasteiger partial charge in [0.05, 0.1) is 46.9 Å². The van der Waals surface area contributed by atoms with Crippen molar-refractivity contribution < 1.29 is 4.79 Å². The summed E-state index contributed by atoms with van der Waals surface area (Å²) in [7, 11) is 0. The van der Waals surface area contributed by atoms with E-state index in [2.05, 4.69) is 26.7 Å². The molecule has 3 rings (SSSR count). The van der Waals surface area contributed by atoms with Gasteiger partial charge in [0.25, 0.3) is 5.91 Å². The van der Waals surface area contributed by atoms with Crippen molar-refractivity contribution >= 4 is 5.91 Å². The van der Waals surface area contributed by atoms with E-state index in [1.807, 2.05) is 26.8 Å². The van der Waals surface area contributed by atoms with Gasteiger partial charge in [0, 0.05) is 12.1 Å². The molecule has 0 saturated heterocycles. The van der Waals surface area contributed by atoms with Crippen LogP contribution in [0.5, 0.6) is 0 Å². The average molecular weight is 324 g/mol. The van der Waals surface area contributed by atoms with Crippen LogP contribution < -0.4 is 5.32 Å². The lowest BCUT2D eigenvalue weighted by Gasteiger charge is -2.21. The molecule has 0 aromatic carbocycles. The van der Waals surface area contributed by atoms with Gasteiger partial charge in [0.15, 0.2) is 0 Å². The molecule has 0 radical (unpaired) electrons. The number of hydrogen-bond acceptors (Lipinski definition) is 5. The standard InChI is InChI=1S/C17H20N6O/c1-4-19-16(24)14-9-21-23(12(3)17(10-18)6-7-17)15(14)13-5-8-20-22-11(13)2/h5,8-9,12H,4,6-7H2,1-3H3,(H,19,24). The molecule has 24 heavy (non-hydrogen) atoms. The maximum Gasteiger partial charge on any atom is 0.255 e. The third kappa shape index (κ3) is 2.54. The van der Waals surface area contributed by atoms with E-state index in [0.29, 0.717) is 17.8 Å². The highest BCUT2D eigenvalue weighted by molar-refractivity contribution is 6.00. The molecule has 0 spiro atoms. The summed E-state index contributed by atoms with van der Waals surface area (Å²) < 4.78 is 1.80. The molecular weight excluding hydrogens is 304 g/mol. The maximum absolute atomic E-state index is 12.5. The van der Waals surface area contributed by atoms with Crippen LogP contribution in [0.3, 0.4) is 0 Å². The van der Waals surface area contributed by atoms with Gasteiger partial charge in [-0.25, -0.2) is 0 Å². The van der Waals surface area contributed by atoms with E-state index >= 15 is 0 Å². The first-order chi connectivity index (χ1) is 11.5. The van der Waals surface area contributed by atoms with Crippen molar-refractivity contribution in [1.29, 1.82) is 5.26 Å².